The van der Waals surface area contributed by atoms with Crippen molar-refractivity contribution in [3.05, 3.63) is 41.2 Å². The Labute approximate surface area is 130 Å². The first kappa shape index (κ1) is 15.7. The predicted octanol–water partition coefficient (Wildman–Crippen LogP) is 1.41. The van der Waals surface area contributed by atoms with Crippen molar-refractivity contribution in [1.29, 1.82) is 0 Å². The second kappa shape index (κ2) is 6.86. The van der Waals surface area contributed by atoms with Crippen LogP contribution in [0.4, 0.5) is 0 Å². The Morgan fingerprint density at radius 3 is 2.64 bits per heavy atom. The Morgan fingerprint density at radius 1 is 1.32 bits per heavy atom. The molecule has 0 saturated heterocycles. The Morgan fingerprint density at radius 2 is 2.00 bits per heavy atom. The van der Waals surface area contributed by atoms with Crippen molar-refractivity contribution in [2.45, 2.75) is 0 Å². The van der Waals surface area contributed by atoms with Gasteiger partial charge >= 0.3 is 5.97 Å². The van der Waals surface area contributed by atoms with Gasteiger partial charge in [0.15, 0.2) is 5.69 Å². The van der Waals surface area contributed by atoms with Crippen LogP contribution in [0.3, 0.4) is 0 Å². The SMILES string of the molecule is COC(=O)CNC(=O)c1nc(-c2ccc(Cl)cc2)cnc1O. The molecule has 0 saturated carbocycles. The van der Waals surface area contributed by atoms with Gasteiger partial charge in [-0.05, 0) is 12.1 Å². The van der Waals surface area contributed by atoms with Crippen LogP contribution in [0.1, 0.15) is 10.5 Å². The van der Waals surface area contributed by atoms with Crippen molar-refractivity contribution >= 4 is 23.5 Å². The standard InChI is InChI=1S/C14H12ClN3O4/c1-22-11(19)7-17-14(21)12-13(20)16-6-10(18-12)8-2-4-9(15)5-3-8/h2-6H,7H2,1H3,(H,16,20)(H,17,21). The lowest BCUT2D eigenvalue weighted by molar-refractivity contribution is -0.139. The van der Waals surface area contributed by atoms with E-state index in [1.165, 1.54) is 13.3 Å². The first-order chi connectivity index (χ1) is 10.5. The average molecular weight is 322 g/mol. The molecule has 0 aliphatic carbocycles. The number of ether oxygens (including phenoxy) is 1. The molecule has 0 unspecified atom stereocenters. The van der Waals surface area contributed by atoms with E-state index in [4.69, 9.17) is 11.6 Å². The fourth-order valence-corrected chi connectivity index (χ4v) is 1.73. The van der Waals surface area contributed by atoms with Crippen LogP contribution in [0.25, 0.3) is 11.3 Å². The fourth-order valence-electron chi connectivity index (χ4n) is 1.60. The summed E-state index contributed by atoms with van der Waals surface area (Å²) in [6.45, 7) is -0.332. The predicted molar refractivity (Wildman–Crippen MR) is 78.5 cm³/mol. The molecule has 2 aromatic rings. The zero-order chi connectivity index (χ0) is 16.1. The van der Waals surface area contributed by atoms with E-state index in [0.29, 0.717) is 16.3 Å². The number of amides is 1. The molecule has 2 N–H and O–H groups in total. The van der Waals surface area contributed by atoms with Gasteiger partial charge in [0.1, 0.15) is 6.54 Å². The number of methoxy groups -OCH3 is 1. The minimum absolute atomic E-state index is 0.281. The van der Waals surface area contributed by atoms with Crippen LogP contribution < -0.4 is 5.32 Å². The number of halogens is 1. The average Bonchev–Trinajstić information content (AvgIpc) is 2.53. The Hall–Kier alpha value is -2.67. The van der Waals surface area contributed by atoms with Gasteiger partial charge in [0, 0.05) is 10.6 Å². The second-order valence-electron chi connectivity index (χ2n) is 4.19. The molecule has 7 nitrogen and oxygen atoms in total. The molecule has 8 heteroatoms. The molecular weight excluding hydrogens is 310 g/mol. The monoisotopic (exact) mass is 321 g/mol. The summed E-state index contributed by atoms with van der Waals surface area (Å²) in [5, 5.41) is 12.5. The van der Waals surface area contributed by atoms with Gasteiger partial charge in [-0.1, -0.05) is 23.7 Å². The Balaban J connectivity index is 2.25. The first-order valence-electron chi connectivity index (χ1n) is 6.18. The van der Waals surface area contributed by atoms with Crippen molar-refractivity contribution in [3.8, 4) is 17.1 Å². The normalized spacial score (nSPS) is 10.1. The first-order valence-corrected chi connectivity index (χ1v) is 6.56. The summed E-state index contributed by atoms with van der Waals surface area (Å²) in [6, 6.07) is 6.75. The zero-order valence-corrected chi connectivity index (χ0v) is 12.3. The highest BCUT2D eigenvalue weighted by molar-refractivity contribution is 6.30. The van der Waals surface area contributed by atoms with Crippen LogP contribution >= 0.6 is 11.6 Å². The molecule has 0 fully saturated rings. The van der Waals surface area contributed by atoms with E-state index in [9.17, 15) is 14.7 Å². The maximum Gasteiger partial charge on any atom is 0.325 e. The lowest BCUT2D eigenvalue weighted by atomic mass is 10.1. The van der Waals surface area contributed by atoms with Crippen LogP contribution in [0.15, 0.2) is 30.5 Å². The number of aromatic nitrogens is 2. The fraction of sp³-hybridized carbons (Fsp3) is 0.143. The summed E-state index contributed by atoms with van der Waals surface area (Å²) < 4.78 is 4.41. The highest BCUT2D eigenvalue weighted by Crippen LogP contribution is 2.21. The molecule has 1 aromatic heterocycles. The van der Waals surface area contributed by atoms with Gasteiger partial charge in [-0.2, -0.15) is 0 Å². The largest absolute Gasteiger partial charge is 0.492 e. The van der Waals surface area contributed by atoms with Gasteiger partial charge in [0.05, 0.1) is 19.0 Å². The number of hydrogen-bond acceptors (Lipinski definition) is 6. The molecule has 1 heterocycles. The summed E-state index contributed by atoms with van der Waals surface area (Å²) >= 11 is 5.81. The highest BCUT2D eigenvalue weighted by atomic mass is 35.5. The minimum Gasteiger partial charge on any atom is -0.492 e. The molecule has 0 bridgehead atoms. The van der Waals surface area contributed by atoms with Crippen molar-refractivity contribution in [2.24, 2.45) is 0 Å². The summed E-state index contributed by atoms with van der Waals surface area (Å²) in [6.07, 6.45) is 1.33. The number of nitrogens with one attached hydrogen (secondary N) is 1. The number of hydrogen-bond donors (Lipinski definition) is 2. The smallest absolute Gasteiger partial charge is 0.325 e. The van der Waals surface area contributed by atoms with Crippen molar-refractivity contribution in [3.63, 3.8) is 0 Å². The van der Waals surface area contributed by atoms with Gasteiger partial charge in [0.2, 0.25) is 5.88 Å². The molecule has 1 amide bonds. The van der Waals surface area contributed by atoms with E-state index in [-0.39, 0.29) is 12.2 Å². The Bertz CT molecular complexity index is 704. The van der Waals surface area contributed by atoms with Gasteiger partial charge in [0.25, 0.3) is 5.91 Å². The third-order valence-electron chi connectivity index (χ3n) is 2.73. The number of rotatable bonds is 4. The number of nitrogens with zero attached hydrogens (tertiary/aromatic N) is 2. The van der Waals surface area contributed by atoms with E-state index in [0.717, 1.165) is 0 Å². The van der Waals surface area contributed by atoms with E-state index >= 15 is 0 Å². The molecule has 2 rings (SSSR count). The Kier molecular flexibility index (Phi) is 4.90. The number of esters is 1. The molecule has 22 heavy (non-hydrogen) atoms. The van der Waals surface area contributed by atoms with Crippen molar-refractivity contribution in [1.82, 2.24) is 15.3 Å². The third-order valence-corrected chi connectivity index (χ3v) is 2.98. The number of benzene rings is 1. The van der Waals surface area contributed by atoms with E-state index in [1.54, 1.807) is 24.3 Å². The van der Waals surface area contributed by atoms with Crippen LogP contribution in [-0.2, 0) is 9.53 Å². The van der Waals surface area contributed by atoms with Gasteiger partial charge < -0.3 is 15.2 Å². The molecule has 0 spiro atoms. The highest BCUT2D eigenvalue weighted by Gasteiger charge is 2.17. The molecular formula is C14H12ClN3O4. The third kappa shape index (κ3) is 3.70. The van der Waals surface area contributed by atoms with Gasteiger partial charge in [-0.15, -0.1) is 0 Å². The van der Waals surface area contributed by atoms with E-state index < -0.39 is 17.8 Å². The van der Waals surface area contributed by atoms with Crippen molar-refractivity contribution in [2.75, 3.05) is 13.7 Å². The lowest BCUT2D eigenvalue weighted by Gasteiger charge is -2.07. The zero-order valence-electron chi connectivity index (χ0n) is 11.5. The topological polar surface area (TPSA) is 101 Å². The summed E-state index contributed by atoms with van der Waals surface area (Å²) in [7, 11) is 1.20. The van der Waals surface area contributed by atoms with Crippen LogP contribution in [0.2, 0.25) is 5.02 Å². The van der Waals surface area contributed by atoms with E-state index in [1.807, 2.05) is 0 Å². The minimum atomic E-state index is -0.730. The van der Waals surface area contributed by atoms with E-state index in [2.05, 4.69) is 20.0 Å². The second-order valence-corrected chi connectivity index (χ2v) is 4.63. The molecule has 1 aromatic carbocycles. The summed E-state index contributed by atoms with van der Waals surface area (Å²) in [5.74, 6) is -1.87. The molecule has 0 aliphatic heterocycles. The maximum absolute atomic E-state index is 11.9. The van der Waals surface area contributed by atoms with Gasteiger partial charge in [-0.3, -0.25) is 9.59 Å². The van der Waals surface area contributed by atoms with Crippen LogP contribution in [-0.4, -0.2) is 40.6 Å². The summed E-state index contributed by atoms with van der Waals surface area (Å²) in [5.41, 5.74) is 0.785. The van der Waals surface area contributed by atoms with Crippen LogP contribution in [0.5, 0.6) is 5.88 Å². The quantitative estimate of drug-likeness (QED) is 0.825. The molecule has 0 radical (unpaired) electrons. The van der Waals surface area contributed by atoms with Crippen molar-refractivity contribution < 1.29 is 19.4 Å². The summed E-state index contributed by atoms with van der Waals surface area (Å²) in [4.78, 5) is 30.7. The number of aromatic hydroxyl groups is 1. The number of carbonyl (C=O) groups excluding carboxylic acids is 2. The molecule has 114 valence electrons. The maximum atomic E-state index is 11.9. The molecule has 0 atom stereocenters. The van der Waals surface area contributed by atoms with Crippen LogP contribution in [0, 0.1) is 0 Å². The number of carbonyl (C=O) groups is 2. The molecule has 0 aliphatic rings. The lowest BCUT2D eigenvalue weighted by Crippen LogP contribution is -2.31. The van der Waals surface area contributed by atoms with Gasteiger partial charge in [-0.25, -0.2) is 9.97 Å².